The smallest absolute Gasteiger partial charge is 0.292 e. The van der Waals surface area contributed by atoms with Gasteiger partial charge in [0.1, 0.15) is 15.0 Å². The Balaban J connectivity index is 1.97. The van der Waals surface area contributed by atoms with Crippen molar-refractivity contribution in [3.63, 3.8) is 0 Å². The molecule has 132 valence electrons. The fraction of sp³-hybridized carbons (Fsp3) is 0.263. The molecule has 3 heterocycles. The maximum atomic E-state index is 13.0. The molecule has 7 heteroatoms. The first-order valence-corrected chi connectivity index (χ1v) is 9.21. The fourth-order valence-corrected chi connectivity index (χ4v) is 4.20. The maximum absolute atomic E-state index is 13.0. The van der Waals surface area contributed by atoms with Gasteiger partial charge in [-0.05, 0) is 42.7 Å². The number of thiophene rings is 1. The highest BCUT2D eigenvalue weighted by atomic mass is 32.1. The summed E-state index contributed by atoms with van der Waals surface area (Å²) >= 11 is 1.36. The van der Waals surface area contributed by atoms with Crippen molar-refractivity contribution in [1.29, 1.82) is 0 Å². The van der Waals surface area contributed by atoms with Crippen molar-refractivity contribution in [2.75, 3.05) is 7.11 Å². The monoisotopic (exact) mass is 366 g/mol. The number of nitrogens with zero attached hydrogens (tertiary/aromatic N) is 4. The highest BCUT2D eigenvalue weighted by molar-refractivity contribution is 7.25. The van der Waals surface area contributed by atoms with Crippen molar-refractivity contribution in [2.45, 2.75) is 26.9 Å². The number of fused-ring (bicyclic) bond motifs is 3. The van der Waals surface area contributed by atoms with Crippen molar-refractivity contribution in [3.8, 4) is 5.69 Å². The van der Waals surface area contributed by atoms with Gasteiger partial charge in [0.2, 0.25) is 0 Å². The quantitative estimate of drug-likeness (QED) is 0.554. The van der Waals surface area contributed by atoms with Crippen LogP contribution < -0.4 is 5.56 Å². The van der Waals surface area contributed by atoms with Gasteiger partial charge in [0.15, 0.2) is 0 Å². The number of hydrogen-bond donors (Lipinski definition) is 0. The molecule has 0 unspecified atom stereocenters. The summed E-state index contributed by atoms with van der Waals surface area (Å²) in [7, 11) is 1.65. The number of rotatable bonds is 4. The van der Waals surface area contributed by atoms with Crippen LogP contribution in [0.5, 0.6) is 0 Å². The molecule has 26 heavy (non-hydrogen) atoms. The first-order valence-electron chi connectivity index (χ1n) is 8.39. The van der Waals surface area contributed by atoms with E-state index in [2.05, 4.69) is 22.2 Å². The molecule has 0 saturated carbocycles. The van der Waals surface area contributed by atoms with Crippen LogP contribution in [0.15, 0.2) is 35.1 Å². The molecule has 0 aliphatic heterocycles. The molecule has 0 atom stereocenters. The predicted molar refractivity (Wildman–Crippen MR) is 103 cm³/mol. The van der Waals surface area contributed by atoms with Crippen molar-refractivity contribution in [3.05, 3.63) is 57.5 Å². The zero-order chi connectivity index (χ0) is 18.3. The van der Waals surface area contributed by atoms with Gasteiger partial charge < -0.3 is 4.74 Å². The summed E-state index contributed by atoms with van der Waals surface area (Å²) in [5.74, 6) is 0. The maximum Gasteiger partial charge on any atom is 0.292 e. The van der Waals surface area contributed by atoms with E-state index in [1.54, 1.807) is 7.11 Å². The summed E-state index contributed by atoms with van der Waals surface area (Å²) < 4.78 is 7.21. The van der Waals surface area contributed by atoms with E-state index in [0.29, 0.717) is 22.5 Å². The number of hydrogen-bond acceptors (Lipinski definition) is 6. The predicted octanol–water partition coefficient (Wildman–Crippen LogP) is 3.41. The molecular weight excluding hydrogens is 348 g/mol. The van der Waals surface area contributed by atoms with Crippen molar-refractivity contribution in [2.24, 2.45) is 0 Å². The summed E-state index contributed by atoms with van der Waals surface area (Å²) in [6.07, 6.45) is 0.948. The van der Waals surface area contributed by atoms with Crippen molar-refractivity contribution >= 4 is 31.8 Å². The Kier molecular flexibility index (Phi) is 4.26. The summed E-state index contributed by atoms with van der Waals surface area (Å²) in [4.78, 5) is 18.4. The Bertz CT molecular complexity index is 1160. The van der Waals surface area contributed by atoms with E-state index in [4.69, 9.17) is 4.74 Å². The van der Waals surface area contributed by atoms with E-state index in [9.17, 15) is 4.79 Å². The van der Waals surface area contributed by atoms with Crippen LogP contribution in [0.2, 0.25) is 0 Å². The highest BCUT2D eigenvalue weighted by Gasteiger charge is 2.17. The number of ether oxygens (including phenoxy) is 1. The minimum Gasteiger partial charge on any atom is -0.380 e. The summed E-state index contributed by atoms with van der Waals surface area (Å²) in [5.41, 5.74) is 4.20. The van der Waals surface area contributed by atoms with Crippen LogP contribution >= 0.6 is 11.3 Å². The van der Waals surface area contributed by atoms with Crippen LogP contribution in [-0.2, 0) is 17.8 Å². The minimum absolute atomic E-state index is 0.178. The molecule has 0 N–H and O–H groups in total. The Morgan fingerprint density at radius 3 is 2.69 bits per heavy atom. The molecule has 0 amide bonds. The van der Waals surface area contributed by atoms with Gasteiger partial charge in [-0.15, -0.1) is 16.4 Å². The number of aryl methyl sites for hydroxylation is 2. The molecule has 0 aliphatic rings. The molecule has 0 spiro atoms. The molecule has 0 fully saturated rings. The van der Waals surface area contributed by atoms with E-state index >= 15 is 0 Å². The SMILES string of the molecule is CCc1ccc(-n2nnc3c(sc4nc(C)cc(COC)c43)c2=O)cc1. The molecule has 0 aliphatic carbocycles. The van der Waals surface area contributed by atoms with E-state index in [0.717, 1.165) is 27.9 Å². The van der Waals surface area contributed by atoms with E-state index < -0.39 is 0 Å². The van der Waals surface area contributed by atoms with Crippen LogP contribution in [0.25, 0.3) is 26.1 Å². The van der Waals surface area contributed by atoms with E-state index in [1.165, 1.54) is 21.6 Å². The molecular formula is C19H18N4O2S. The van der Waals surface area contributed by atoms with Gasteiger partial charge in [0.05, 0.1) is 12.3 Å². The highest BCUT2D eigenvalue weighted by Crippen LogP contribution is 2.32. The van der Waals surface area contributed by atoms with Crippen LogP contribution in [0, 0.1) is 6.92 Å². The number of aromatic nitrogens is 4. The fourth-order valence-electron chi connectivity index (χ4n) is 3.07. The van der Waals surface area contributed by atoms with Gasteiger partial charge in [-0.3, -0.25) is 4.79 Å². The lowest BCUT2D eigenvalue weighted by Gasteiger charge is -2.05. The second kappa shape index (κ2) is 6.59. The number of benzene rings is 1. The number of pyridine rings is 1. The Morgan fingerprint density at radius 2 is 2.00 bits per heavy atom. The van der Waals surface area contributed by atoms with Crippen LogP contribution in [0.3, 0.4) is 0 Å². The van der Waals surface area contributed by atoms with Gasteiger partial charge in [-0.1, -0.05) is 24.3 Å². The molecule has 0 saturated heterocycles. The van der Waals surface area contributed by atoms with E-state index in [-0.39, 0.29) is 5.56 Å². The average molecular weight is 366 g/mol. The largest absolute Gasteiger partial charge is 0.380 e. The zero-order valence-corrected chi connectivity index (χ0v) is 15.6. The Labute approximate surface area is 154 Å². The van der Waals surface area contributed by atoms with Gasteiger partial charge >= 0.3 is 0 Å². The third-order valence-corrected chi connectivity index (χ3v) is 5.42. The third-order valence-electron chi connectivity index (χ3n) is 4.36. The Hall–Kier alpha value is -2.64. The topological polar surface area (TPSA) is 69.9 Å². The molecule has 0 bridgehead atoms. The second-order valence-electron chi connectivity index (χ2n) is 6.14. The molecule has 6 nitrogen and oxygen atoms in total. The molecule has 3 aromatic heterocycles. The normalized spacial score (nSPS) is 11.5. The molecule has 1 aromatic carbocycles. The Morgan fingerprint density at radius 1 is 1.23 bits per heavy atom. The van der Waals surface area contributed by atoms with Crippen LogP contribution in [0.1, 0.15) is 23.7 Å². The lowest BCUT2D eigenvalue weighted by atomic mass is 10.1. The van der Waals surface area contributed by atoms with Gasteiger partial charge in [0.25, 0.3) is 5.56 Å². The first kappa shape index (κ1) is 16.8. The van der Waals surface area contributed by atoms with Crippen LogP contribution in [0.4, 0.5) is 0 Å². The van der Waals surface area contributed by atoms with E-state index in [1.807, 2.05) is 37.3 Å². The third kappa shape index (κ3) is 2.69. The van der Waals surface area contributed by atoms with Gasteiger partial charge in [0, 0.05) is 18.2 Å². The summed E-state index contributed by atoms with van der Waals surface area (Å²) in [6, 6.07) is 9.76. The molecule has 4 aromatic rings. The minimum atomic E-state index is -0.178. The molecule has 0 radical (unpaired) electrons. The second-order valence-corrected chi connectivity index (χ2v) is 7.14. The lowest BCUT2D eigenvalue weighted by molar-refractivity contribution is 0.186. The average Bonchev–Trinajstić information content (AvgIpc) is 3.02. The summed E-state index contributed by atoms with van der Waals surface area (Å²) in [5, 5.41) is 9.38. The molecule has 4 rings (SSSR count). The van der Waals surface area contributed by atoms with Crippen molar-refractivity contribution < 1.29 is 4.74 Å². The zero-order valence-electron chi connectivity index (χ0n) is 14.8. The number of methoxy groups -OCH3 is 1. The lowest BCUT2D eigenvalue weighted by Crippen LogP contribution is -2.21. The van der Waals surface area contributed by atoms with Gasteiger partial charge in [-0.25, -0.2) is 4.98 Å². The van der Waals surface area contributed by atoms with Crippen LogP contribution in [-0.4, -0.2) is 27.1 Å². The summed E-state index contributed by atoms with van der Waals surface area (Å²) in [6.45, 7) is 4.47. The first-order chi connectivity index (χ1) is 12.6. The standard InChI is InChI=1S/C19H18N4O2S/c1-4-12-5-7-14(8-6-12)23-19(24)17-16(21-22-23)15-13(10-25-3)9-11(2)20-18(15)26-17/h5-9H,4,10H2,1-3H3. The van der Waals surface area contributed by atoms with Gasteiger partial charge in [-0.2, -0.15) is 4.68 Å². The van der Waals surface area contributed by atoms with Crippen molar-refractivity contribution in [1.82, 2.24) is 20.0 Å².